The Morgan fingerprint density at radius 1 is 0.960 bits per heavy atom. The fraction of sp³-hybridized carbons (Fsp3) is 0.0476. The highest BCUT2D eigenvalue weighted by Crippen LogP contribution is 2.26. The van der Waals surface area contributed by atoms with Gasteiger partial charge in [0.05, 0.1) is 0 Å². The molecule has 1 amide bonds. The second kappa shape index (κ2) is 6.24. The molecule has 1 aromatic heterocycles. The van der Waals surface area contributed by atoms with E-state index in [9.17, 15) is 4.79 Å². The number of aryl methyl sites for hydroxylation is 1. The van der Waals surface area contributed by atoms with Crippen molar-refractivity contribution < 1.29 is 9.21 Å². The van der Waals surface area contributed by atoms with E-state index >= 15 is 0 Å². The van der Waals surface area contributed by atoms with Crippen LogP contribution in [0.2, 0.25) is 0 Å². The molecule has 4 rings (SSSR count). The van der Waals surface area contributed by atoms with Crippen LogP contribution in [0.4, 0.5) is 5.69 Å². The van der Waals surface area contributed by atoms with Crippen LogP contribution in [0.25, 0.3) is 22.6 Å². The Morgan fingerprint density at radius 3 is 2.60 bits per heavy atom. The number of nitrogens with one attached hydrogen (secondary N) is 1. The van der Waals surface area contributed by atoms with E-state index in [0.717, 1.165) is 16.6 Å². The van der Waals surface area contributed by atoms with E-state index in [-0.39, 0.29) is 5.91 Å². The summed E-state index contributed by atoms with van der Waals surface area (Å²) in [5.41, 5.74) is 4.67. The average molecular weight is 328 g/mol. The number of fused-ring (bicyclic) bond motifs is 1. The summed E-state index contributed by atoms with van der Waals surface area (Å²) in [5, 5.41) is 2.90. The van der Waals surface area contributed by atoms with E-state index in [1.165, 1.54) is 0 Å². The average Bonchev–Trinajstić information content (AvgIpc) is 3.06. The van der Waals surface area contributed by atoms with Crippen molar-refractivity contribution in [3.05, 3.63) is 83.9 Å². The van der Waals surface area contributed by atoms with Crippen molar-refractivity contribution in [2.45, 2.75) is 6.92 Å². The SMILES string of the molecule is Cc1cccc(C(=O)Nc2ccc3nc(-c4ccccc4)oc3c2)c1. The molecule has 0 unspecified atom stereocenters. The predicted molar refractivity (Wildman–Crippen MR) is 98.6 cm³/mol. The fourth-order valence-electron chi connectivity index (χ4n) is 2.70. The number of aromatic nitrogens is 1. The van der Waals surface area contributed by atoms with Crippen molar-refractivity contribution in [2.24, 2.45) is 0 Å². The molecule has 122 valence electrons. The van der Waals surface area contributed by atoms with Crippen LogP contribution in [-0.2, 0) is 0 Å². The van der Waals surface area contributed by atoms with E-state index < -0.39 is 0 Å². The van der Waals surface area contributed by atoms with Gasteiger partial charge < -0.3 is 9.73 Å². The van der Waals surface area contributed by atoms with Gasteiger partial charge in [-0.15, -0.1) is 0 Å². The number of hydrogen-bond donors (Lipinski definition) is 1. The van der Waals surface area contributed by atoms with Crippen molar-refractivity contribution in [2.75, 3.05) is 5.32 Å². The zero-order valence-electron chi connectivity index (χ0n) is 13.7. The summed E-state index contributed by atoms with van der Waals surface area (Å²) in [6.07, 6.45) is 0. The van der Waals surface area contributed by atoms with Crippen molar-refractivity contribution >= 4 is 22.7 Å². The van der Waals surface area contributed by atoms with Crippen molar-refractivity contribution in [1.29, 1.82) is 0 Å². The maximum absolute atomic E-state index is 12.4. The zero-order chi connectivity index (χ0) is 17.2. The Morgan fingerprint density at radius 2 is 1.80 bits per heavy atom. The number of oxazole rings is 1. The number of rotatable bonds is 3. The first-order valence-corrected chi connectivity index (χ1v) is 8.03. The van der Waals surface area contributed by atoms with E-state index in [2.05, 4.69) is 10.3 Å². The molecule has 1 heterocycles. The Hall–Kier alpha value is -3.40. The highest BCUT2D eigenvalue weighted by atomic mass is 16.3. The van der Waals surface area contributed by atoms with Gasteiger partial charge in [0.1, 0.15) is 5.52 Å². The van der Waals surface area contributed by atoms with Gasteiger partial charge in [-0.3, -0.25) is 4.79 Å². The summed E-state index contributed by atoms with van der Waals surface area (Å²) in [6.45, 7) is 1.96. The molecule has 0 saturated carbocycles. The van der Waals surface area contributed by atoms with Gasteiger partial charge in [0.2, 0.25) is 5.89 Å². The minimum atomic E-state index is -0.147. The number of hydrogen-bond acceptors (Lipinski definition) is 3. The third kappa shape index (κ3) is 3.15. The van der Waals surface area contributed by atoms with Crippen molar-refractivity contribution in [1.82, 2.24) is 4.98 Å². The largest absolute Gasteiger partial charge is 0.436 e. The van der Waals surface area contributed by atoms with Crippen LogP contribution in [0.3, 0.4) is 0 Å². The van der Waals surface area contributed by atoms with Gasteiger partial charge in [0.25, 0.3) is 5.91 Å². The molecule has 4 aromatic rings. The van der Waals surface area contributed by atoms with Crippen LogP contribution in [0.15, 0.2) is 77.2 Å². The monoisotopic (exact) mass is 328 g/mol. The predicted octanol–water partition coefficient (Wildman–Crippen LogP) is 5.06. The molecule has 0 aliphatic carbocycles. The van der Waals surface area contributed by atoms with Gasteiger partial charge in [0, 0.05) is 22.9 Å². The van der Waals surface area contributed by atoms with Crippen molar-refractivity contribution in [3.8, 4) is 11.5 Å². The van der Waals surface area contributed by atoms with Gasteiger partial charge in [-0.2, -0.15) is 0 Å². The summed E-state index contributed by atoms with van der Waals surface area (Å²) in [6, 6.07) is 22.7. The fourth-order valence-corrected chi connectivity index (χ4v) is 2.70. The number of benzene rings is 3. The summed E-state index contributed by atoms with van der Waals surface area (Å²) >= 11 is 0. The lowest BCUT2D eigenvalue weighted by Crippen LogP contribution is -2.11. The summed E-state index contributed by atoms with van der Waals surface area (Å²) < 4.78 is 5.84. The molecule has 25 heavy (non-hydrogen) atoms. The van der Waals surface area contributed by atoms with E-state index in [0.29, 0.717) is 22.7 Å². The molecule has 0 atom stereocenters. The Labute approximate surface area is 145 Å². The smallest absolute Gasteiger partial charge is 0.255 e. The quantitative estimate of drug-likeness (QED) is 0.572. The zero-order valence-corrected chi connectivity index (χ0v) is 13.7. The molecule has 0 spiro atoms. The molecule has 1 N–H and O–H groups in total. The highest BCUT2D eigenvalue weighted by molar-refractivity contribution is 6.05. The molecule has 3 aromatic carbocycles. The Kier molecular flexibility index (Phi) is 3.78. The van der Waals surface area contributed by atoms with Crippen LogP contribution >= 0.6 is 0 Å². The standard InChI is InChI=1S/C21H16N2O2/c1-14-6-5-9-16(12-14)20(24)22-17-10-11-18-19(13-17)25-21(23-18)15-7-3-2-4-8-15/h2-13H,1H3,(H,22,24). The lowest BCUT2D eigenvalue weighted by Gasteiger charge is -2.05. The third-order valence-electron chi connectivity index (χ3n) is 3.95. The minimum Gasteiger partial charge on any atom is -0.436 e. The topological polar surface area (TPSA) is 55.1 Å². The molecule has 4 nitrogen and oxygen atoms in total. The van der Waals surface area contributed by atoms with Gasteiger partial charge in [0.15, 0.2) is 5.58 Å². The maximum Gasteiger partial charge on any atom is 0.255 e. The molecule has 4 heteroatoms. The van der Waals surface area contributed by atoms with Gasteiger partial charge in [-0.25, -0.2) is 4.98 Å². The second-order valence-corrected chi connectivity index (χ2v) is 5.89. The normalized spacial score (nSPS) is 10.8. The lowest BCUT2D eigenvalue weighted by atomic mass is 10.1. The third-order valence-corrected chi connectivity index (χ3v) is 3.95. The first kappa shape index (κ1) is 15.1. The minimum absolute atomic E-state index is 0.147. The molecular formula is C21H16N2O2. The number of nitrogens with zero attached hydrogens (tertiary/aromatic N) is 1. The highest BCUT2D eigenvalue weighted by Gasteiger charge is 2.10. The molecular weight excluding hydrogens is 312 g/mol. The van der Waals surface area contributed by atoms with E-state index in [4.69, 9.17) is 4.42 Å². The lowest BCUT2D eigenvalue weighted by molar-refractivity contribution is 0.102. The molecule has 0 radical (unpaired) electrons. The summed E-state index contributed by atoms with van der Waals surface area (Å²) in [5.74, 6) is 0.420. The van der Waals surface area contributed by atoms with Crippen LogP contribution in [0.5, 0.6) is 0 Å². The molecule has 0 aliphatic rings. The Balaban J connectivity index is 1.62. The van der Waals surface area contributed by atoms with E-state index in [1.807, 2.05) is 67.6 Å². The van der Waals surface area contributed by atoms with Crippen LogP contribution in [0, 0.1) is 6.92 Å². The second-order valence-electron chi connectivity index (χ2n) is 5.89. The Bertz CT molecular complexity index is 1050. The van der Waals surface area contributed by atoms with Gasteiger partial charge in [-0.05, 0) is 43.3 Å². The molecule has 0 saturated heterocycles. The summed E-state index contributed by atoms with van der Waals surface area (Å²) in [4.78, 5) is 16.9. The van der Waals surface area contributed by atoms with Crippen molar-refractivity contribution in [3.63, 3.8) is 0 Å². The molecule has 0 fully saturated rings. The maximum atomic E-state index is 12.4. The van der Waals surface area contributed by atoms with Crippen LogP contribution in [0.1, 0.15) is 15.9 Å². The van der Waals surface area contributed by atoms with Gasteiger partial charge >= 0.3 is 0 Å². The van der Waals surface area contributed by atoms with Gasteiger partial charge in [-0.1, -0.05) is 35.9 Å². The summed E-state index contributed by atoms with van der Waals surface area (Å²) in [7, 11) is 0. The van der Waals surface area contributed by atoms with Crippen LogP contribution < -0.4 is 5.32 Å². The van der Waals surface area contributed by atoms with Crippen LogP contribution in [-0.4, -0.2) is 10.9 Å². The number of carbonyl (C=O) groups excluding carboxylic acids is 1. The number of amides is 1. The first-order valence-electron chi connectivity index (χ1n) is 8.03. The number of carbonyl (C=O) groups is 1. The molecule has 0 aliphatic heterocycles. The molecule has 0 bridgehead atoms. The van der Waals surface area contributed by atoms with E-state index in [1.54, 1.807) is 12.1 Å². The first-order chi connectivity index (χ1) is 12.2. The number of anilines is 1.